The van der Waals surface area contributed by atoms with Crippen molar-refractivity contribution in [2.45, 2.75) is 58.4 Å². The molecule has 1 fully saturated rings. The summed E-state index contributed by atoms with van der Waals surface area (Å²) in [5, 5.41) is 3.78. The summed E-state index contributed by atoms with van der Waals surface area (Å²) in [6.45, 7) is 5.69. The first-order chi connectivity index (χ1) is 9.26. The summed E-state index contributed by atoms with van der Waals surface area (Å²) in [5.74, 6) is 1.67. The molecule has 19 heavy (non-hydrogen) atoms. The van der Waals surface area contributed by atoms with Gasteiger partial charge < -0.3 is 5.32 Å². The second kappa shape index (κ2) is 7.66. The van der Waals surface area contributed by atoms with E-state index in [1.807, 2.05) is 6.07 Å². The van der Waals surface area contributed by atoms with Crippen LogP contribution in [-0.4, -0.2) is 6.54 Å². The fourth-order valence-electron chi connectivity index (χ4n) is 3.44. The van der Waals surface area contributed by atoms with E-state index in [9.17, 15) is 0 Å². The van der Waals surface area contributed by atoms with Crippen LogP contribution in [0, 0.1) is 11.8 Å². The molecule has 2 rings (SSSR count). The Hall–Kier alpha value is -0.0500. The van der Waals surface area contributed by atoms with E-state index in [0.29, 0.717) is 6.04 Å². The second-order valence-corrected chi connectivity index (χ2v) is 7.44. The molecule has 3 atom stereocenters. The van der Waals surface area contributed by atoms with E-state index in [4.69, 9.17) is 11.6 Å². The molecule has 1 aliphatic carbocycles. The summed E-state index contributed by atoms with van der Waals surface area (Å²) in [7, 11) is 0. The normalized spacial score (nSPS) is 25.4. The Morgan fingerprint density at radius 1 is 1.32 bits per heavy atom. The van der Waals surface area contributed by atoms with E-state index in [1.165, 1.54) is 43.4 Å². The van der Waals surface area contributed by atoms with Crippen LogP contribution in [0.1, 0.15) is 63.3 Å². The molecule has 1 N–H and O–H groups in total. The van der Waals surface area contributed by atoms with Crippen LogP contribution in [0.3, 0.4) is 0 Å². The first-order valence-electron chi connectivity index (χ1n) is 7.74. The molecule has 1 saturated carbocycles. The predicted octanol–water partition coefficient (Wildman–Crippen LogP) is 5.66. The van der Waals surface area contributed by atoms with Crippen LogP contribution >= 0.6 is 22.9 Å². The molecule has 108 valence electrons. The van der Waals surface area contributed by atoms with Gasteiger partial charge in [-0.3, -0.25) is 0 Å². The minimum absolute atomic E-state index is 0.516. The number of hydrogen-bond acceptors (Lipinski definition) is 2. The molecular formula is C16H26ClNS. The summed E-state index contributed by atoms with van der Waals surface area (Å²) >= 11 is 7.89. The van der Waals surface area contributed by atoms with Crippen molar-refractivity contribution in [1.29, 1.82) is 0 Å². The highest BCUT2D eigenvalue weighted by molar-refractivity contribution is 7.16. The molecule has 1 aliphatic rings. The lowest BCUT2D eigenvalue weighted by atomic mass is 9.73. The van der Waals surface area contributed by atoms with E-state index in [1.54, 1.807) is 11.3 Å². The topological polar surface area (TPSA) is 12.0 Å². The number of rotatable bonds is 6. The van der Waals surface area contributed by atoms with Crippen LogP contribution in [0.15, 0.2) is 12.1 Å². The summed E-state index contributed by atoms with van der Waals surface area (Å²) in [6.07, 6.45) is 8.10. The largest absolute Gasteiger partial charge is 0.309 e. The molecule has 0 radical (unpaired) electrons. The van der Waals surface area contributed by atoms with Crippen molar-refractivity contribution >= 4 is 22.9 Å². The van der Waals surface area contributed by atoms with Gasteiger partial charge in [0.25, 0.3) is 0 Å². The Morgan fingerprint density at radius 3 is 2.74 bits per heavy atom. The Kier molecular flexibility index (Phi) is 6.18. The maximum absolute atomic E-state index is 6.14. The average Bonchev–Trinajstić information content (AvgIpc) is 2.86. The quantitative estimate of drug-likeness (QED) is 0.715. The van der Waals surface area contributed by atoms with Crippen molar-refractivity contribution in [2.75, 3.05) is 6.54 Å². The third-order valence-corrected chi connectivity index (χ3v) is 5.75. The van der Waals surface area contributed by atoms with Crippen molar-refractivity contribution in [3.05, 3.63) is 21.3 Å². The third kappa shape index (κ3) is 3.96. The lowest BCUT2D eigenvalue weighted by molar-refractivity contribution is 0.177. The number of halogens is 1. The first kappa shape index (κ1) is 15.3. The first-order valence-corrected chi connectivity index (χ1v) is 8.94. The molecule has 0 bridgehead atoms. The zero-order valence-corrected chi connectivity index (χ0v) is 13.7. The smallest absolute Gasteiger partial charge is 0.0931 e. The number of hydrogen-bond donors (Lipinski definition) is 1. The zero-order chi connectivity index (χ0) is 13.7. The van der Waals surface area contributed by atoms with Gasteiger partial charge in [-0.15, -0.1) is 11.3 Å². The predicted molar refractivity (Wildman–Crippen MR) is 86.1 cm³/mol. The van der Waals surface area contributed by atoms with E-state index in [-0.39, 0.29) is 0 Å². The van der Waals surface area contributed by atoms with Gasteiger partial charge in [0.2, 0.25) is 0 Å². The van der Waals surface area contributed by atoms with Crippen LogP contribution in [0.25, 0.3) is 0 Å². The van der Waals surface area contributed by atoms with Gasteiger partial charge >= 0.3 is 0 Å². The van der Waals surface area contributed by atoms with Crippen LogP contribution in [0.2, 0.25) is 4.34 Å². The highest BCUT2D eigenvalue weighted by Crippen LogP contribution is 2.42. The Labute approximate surface area is 126 Å². The second-order valence-electron chi connectivity index (χ2n) is 5.69. The summed E-state index contributed by atoms with van der Waals surface area (Å²) < 4.78 is 0.919. The minimum Gasteiger partial charge on any atom is -0.309 e. The molecule has 1 nitrogen and oxygen atoms in total. The van der Waals surface area contributed by atoms with Gasteiger partial charge in [-0.1, -0.05) is 51.1 Å². The van der Waals surface area contributed by atoms with Gasteiger partial charge in [-0.05, 0) is 43.4 Å². The van der Waals surface area contributed by atoms with Gasteiger partial charge in [0.05, 0.1) is 4.34 Å². The Morgan fingerprint density at radius 2 is 2.11 bits per heavy atom. The third-order valence-electron chi connectivity index (χ3n) is 4.44. The fraction of sp³-hybridized carbons (Fsp3) is 0.750. The van der Waals surface area contributed by atoms with Crippen molar-refractivity contribution in [3.63, 3.8) is 0 Å². The maximum Gasteiger partial charge on any atom is 0.0931 e. The van der Waals surface area contributed by atoms with Gasteiger partial charge in [0.15, 0.2) is 0 Å². The van der Waals surface area contributed by atoms with Gasteiger partial charge in [-0.2, -0.15) is 0 Å². The van der Waals surface area contributed by atoms with E-state index >= 15 is 0 Å². The molecule has 3 unspecified atom stereocenters. The lowest BCUT2D eigenvalue weighted by Gasteiger charge is -2.37. The van der Waals surface area contributed by atoms with E-state index < -0.39 is 0 Å². The molecule has 0 spiro atoms. The molecule has 1 heterocycles. The standard InChI is InChI=1S/C16H26ClNS/c1-3-11-18-16(14-9-10-15(17)19-14)13-8-6-5-7-12(13)4-2/h9-10,12-13,16,18H,3-8,11H2,1-2H3. The highest BCUT2D eigenvalue weighted by atomic mass is 35.5. The fourth-order valence-corrected chi connectivity index (χ4v) is 4.65. The molecule has 0 amide bonds. The van der Waals surface area contributed by atoms with Gasteiger partial charge in [0, 0.05) is 10.9 Å². The summed E-state index contributed by atoms with van der Waals surface area (Å²) in [4.78, 5) is 1.43. The number of thiophene rings is 1. The molecule has 3 heteroatoms. The van der Waals surface area contributed by atoms with Crippen LogP contribution in [0.4, 0.5) is 0 Å². The van der Waals surface area contributed by atoms with Crippen LogP contribution in [0.5, 0.6) is 0 Å². The van der Waals surface area contributed by atoms with Crippen molar-refractivity contribution in [1.82, 2.24) is 5.32 Å². The van der Waals surface area contributed by atoms with Crippen LogP contribution in [-0.2, 0) is 0 Å². The van der Waals surface area contributed by atoms with Gasteiger partial charge in [-0.25, -0.2) is 0 Å². The molecule has 0 aromatic carbocycles. The molecule has 0 aliphatic heterocycles. The minimum atomic E-state index is 0.516. The average molecular weight is 300 g/mol. The van der Waals surface area contributed by atoms with E-state index in [0.717, 1.165) is 22.7 Å². The lowest BCUT2D eigenvalue weighted by Crippen LogP contribution is -2.34. The summed E-state index contributed by atoms with van der Waals surface area (Å²) in [6, 6.07) is 4.79. The maximum atomic E-state index is 6.14. The molecular weight excluding hydrogens is 274 g/mol. The molecule has 1 aromatic heterocycles. The molecule has 0 saturated heterocycles. The summed E-state index contributed by atoms with van der Waals surface area (Å²) in [5.41, 5.74) is 0. The van der Waals surface area contributed by atoms with E-state index in [2.05, 4.69) is 25.2 Å². The monoisotopic (exact) mass is 299 g/mol. The van der Waals surface area contributed by atoms with Crippen molar-refractivity contribution < 1.29 is 0 Å². The SMILES string of the molecule is CCCNC(c1ccc(Cl)s1)C1CCCCC1CC. The Balaban J connectivity index is 2.15. The zero-order valence-electron chi connectivity index (χ0n) is 12.1. The Bertz CT molecular complexity index is 377. The van der Waals surface area contributed by atoms with Crippen LogP contribution < -0.4 is 5.32 Å². The highest BCUT2D eigenvalue weighted by Gasteiger charge is 2.32. The van der Waals surface area contributed by atoms with Crippen molar-refractivity contribution in [3.8, 4) is 0 Å². The van der Waals surface area contributed by atoms with Gasteiger partial charge in [0.1, 0.15) is 0 Å². The number of nitrogens with one attached hydrogen (secondary N) is 1. The molecule has 1 aromatic rings. The van der Waals surface area contributed by atoms with Crippen molar-refractivity contribution in [2.24, 2.45) is 11.8 Å².